The number of amides is 2. The minimum Gasteiger partial charge on any atom is -0.377 e. The third-order valence-corrected chi connectivity index (χ3v) is 5.27. The van der Waals surface area contributed by atoms with Crippen LogP contribution in [0.4, 0.5) is 11.4 Å². The number of carbonyl (C=O) groups excluding carboxylic acids is 2. The van der Waals surface area contributed by atoms with E-state index in [9.17, 15) is 9.59 Å². The molecule has 0 radical (unpaired) electrons. The summed E-state index contributed by atoms with van der Waals surface area (Å²) in [7, 11) is 3.84. The van der Waals surface area contributed by atoms with Gasteiger partial charge in [-0.1, -0.05) is 37.3 Å². The predicted molar refractivity (Wildman–Crippen MR) is 119 cm³/mol. The molecule has 1 saturated heterocycles. The molecule has 0 bridgehead atoms. The van der Waals surface area contributed by atoms with E-state index in [0.29, 0.717) is 17.2 Å². The van der Waals surface area contributed by atoms with Gasteiger partial charge >= 0.3 is 0 Å². The molecule has 0 unspecified atom stereocenters. The average Bonchev–Trinajstić information content (AvgIpc) is 2.73. The van der Waals surface area contributed by atoms with Crippen LogP contribution in [-0.2, 0) is 4.79 Å². The Morgan fingerprint density at radius 1 is 1.07 bits per heavy atom. The number of anilines is 2. The van der Waals surface area contributed by atoms with E-state index in [4.69, 9.17) is 0 Å². The zero-order valence-electron chi connectivity index (χ0n) is 17.4. The van der Waals surface area contributed by atoms with E-state index in [2.05, 4.69) is 12.2 Å². The number of nitrogens with zero attached hydrogens (tertiary/aromatic N) is 2. The van der Waals surface area contributed by atoms with E-state index in [1.165, 1.54) is 6.08 Å². The standard InChI is InChI=1S/C24H29N3O2/c1-18-13-15-27(16-14-18)24(29)21-17-20(10-11-22(21)26(2)3)25-23(28)12-9-19-7-5-4-6-8-19/h4-12,17-18H,13-16H2,1-3H3,(H,25,28)/b12-9+. The van der Waals surface area contributed by atoms with Crippen molar-refractivity contribution in [3.8, 4) is 0 Å². The van der Waals surface area contributed by atoms with Gasteiger partial charge in [-0.15, -0.1) is 0 Å². The van der Waals surface area contributed by atoms with Crippen molar-refractivity contribution in [2.45, 2.75) is 19.8 Å². The molecule has 0 saturated carbocycles. The first-order valence-corrected chi connectivity index (χ1v) is 10.1. The van der Waals surface area contributed by atoms with Crippen LogP contribution in [0.5, 0.6) is 0 Å². The number of hydrogen-bond acceptors (Lipinski definition) is 3. The van der Waals surface area contributed by atoms with Gasteiger partial charge in [-0.3, -0.25) is 9.59 Å². The lowest BCUT2D eigenvalue weighted by Gasteiger charge is -2.31. The number of rotatable bonds is 5. The summed E-state index contributed by atoms with van der Waals surface area (Å²) < 4.78 is 0. The van der Waals surface area contributed by atoms with Gasteiger partial charge in [0.1, 0.15) is 0 Å². The maximum absolute atomic E-state index is 13.2. The predicted octanol–water partition coefficient (Wildman–Crippen LogP) is 4.28. The molecule has 152 valence electrons. The number of carbonyl (C=O) groups is 2. The second-order valence-electron chi connectivity index (χ2n) is 7.83. The lowest BCUT2D eigenvalue weighted by atomic mass is 9.98. The third kappa shape index (κ3) is 5.47. The summed E-state index contributed by atoms with van der Waals surface area (Å²) in [5.74, 6) is 0.461. The molecular weight excluding hydrogens is 362 g/mol. The molecule has 0 spiro atoms. The van der Waals surface area contributed by atoms with Crippen LogP contribution < -0.4 is 10.2 Å². The van der Waals surface area contributed by atoms with Crippen LogP contribution in [0.25, 0.3) is 6.08 Å². The Morgan fingerprint density at radius 3 is 2.41 bits per heavy atom. The minimum atomic E-state index is -0.225. The molecule has 2 aromatic rings. The van der Waals surface area contributed by atoms with Crippen molar-refractivity contribution in [1.29, 1.82) is 0 Å². The highest BCUT2D eigenvalue weighted by atomic mass is 16.2. The van der Waals surface area contributed by atoms with Crippen LogP contribution >= 0.6 is 0 Å². The number of nitrogens with one attached hydrogen (secondary N) is 1. The van der Waals surface area contributed by atoms with Crippen molar-refractivity contribution in [3.05, 3.63) is 65.7 Å². The molecule has 0 aliphatic carbocycles. The molecule has 1 aliphatic heterocycles. The number of hydrogen-bond donors (Lipinski definition) is 1. The minimum absolute atomic E-state index is 0.0246. The Kier molecular flexibility index (Phi) is 6.70. The topological polar surface area (TPSA) is 52.7 Å². The largest absolute Gasteiger partial charge is 0.377 e. The monoisotopic (exact) mass is 391 g/mol. The molecule has 5 heteroatoms. The molecule has 1 N–H and O–H groups in total. The van der Waals surface area contributed by atoms with Gasteiger partial charge < -0.3 is 15.1 Å². The molecule has 1 aliphatic rings. The average molecular weight is 392 g/mol. The van der Waals surface area contributed by atoms with Gasteiger partial charge in [-0.2, -0.15) is 0 Å². The van der Waals surface area contributed by atoms with Gasteiger partial charge in [0.05, 0.1) is 5.56 Å². The van der Waals surface area contributed by atoms with E-state index in [0.717, 1.165) is 37.2 Å². The Hall–Kier alpha value is -3.08. The summed E-state index contributed by atoms with van der Waals surface area (Å²) in [6.45, 7) is 3.79. The van der Waals surface area contributed by atoms with Crippen molar-refractivity contribution in [2.24, 2.45) is 5.92 Å². The van der Waals surface area contributed by atoms with Gasteiger partial charge in [0.2, 0.25) is 5.91 Å². The fourth-order valence-corrected chi connectivity index (χ4v) is 3.48. The number of piperidine rings is 1. The molecule has 2 aromatic carbocycles. The smallest absolute Gasteiger partial charge is 0.256 e. The molecule has 0 atom stereocenters. The van der Waals surface area contributed by atoms with E-state index >= 15 is 0 Å². The fourth-order valence-electron chi connectivity index (χ4n) is 3.48. The first-order chi connectivity index (χ1) is 13.9. The van der Waals surface area contributed by atoms with Crippen molar-refractivity contribution in [3.63, 3.8) is 0 Å². The zero-order valence-corrected chi connectivity index (χ0v) is 17.4. The van der Waals surface area contributed by atoms with Crippen LogP contribution in [-0.4, -0.2) is 43.9 Å². The van der Waals surface area contributed by atoms with Gasteiger partial charge in [0.25, 0.3) is 5.91 Å². The summed E-state index contributed by atoms with van der Waals surface area (Å²) in [4.78, 5) is 29.3. The Balaban J connectivity index is 1.76. The van der Waals surface area contributed by atoms with Crippen LogP contribution in [0, 0.1) is 5.92 Å². The van der Waals surface area contributed by atoms with E-state index < -0.39 is 0 Å². The molecule has 1 fully saturated rings. The number of likely N-dealkylation sites (tertiary alicyclic amines) is 1. The summed E-state index contributed by atoms with van der Waals surface area (Å²) in [5, 5.41) is 2.87. The molecule has 29 heavy (non-hydrogen) atoms. The molecule has 5 nitrogen and oxygen atoms in total. The lowest BCUT2D eigenvalue weighted by molar-refractivity contribution is -0.111. The summed E-state index contributed by atoms with van der Waals surface area (Å²) >= 11 is 0. The molecule has 3 rings (SSSR count). The molecule has 1 heterocycles. The Morgan fingerprint density at radius 2 is 1.76 bits per heavy atom. The summed E-state index contributed by atoms with van der Waals surface area (Å²) in [6, 6.07) is 15.2. The van der Waals surface area contributed by atoms with Crippen molar-refractivity contribution in [1.82, 2.24) is 4.90 Å². The molecular formula is C24H29N3O2. The van der Waals surface area contributed by atoms with Crippen LogP contribution in [0.1, 0.15) is 35.7 Å². The third-order valence-electron chi connectivity index (χ3n) is 5.27. The summed E-state index contributed by atoms with van der Waals surface area (Å²) in [5.41, 5.74) is 3.05. The maximum atomic E-state index is 13.2. The highest BCUT2D eigenvalue weighted by Gasteiger charge is 2.24. The van der Waals surface area contributed by atoms with Gasteiger partial charge in [-0.05, 0) is 48.6 Å². The van der Waals surface area contributed by atoms with Crippen molar-refractivity contribution < 1.29 is 9.59 Å². The quantitative estimate of drug-likeness (QED) is 0.774. The first-order valence-electron chi connectivity index (χ1n) is 10.1. The highest BCUT2D eigenvalue weighted by molar-refractivity contribution is 6.05. The van der Waals surface area contributed by atoms with Crippen LogP contribution in [0.15, 0.2) is 54.6 Å². The normalized spacial score (nSPS) is 14.8. The second-order valence-corrected chi connectivity index (χ2v) is 7.83. The van der Waals surface area contributed by atoms with Crippen LogP contribution in [0.3, 0.4) is 0 Å². The van der Waals surface area contributed by atoms with E-state index in [1.54, 1.807) is 12.1 Å². The van der Waals surface area contributed by atoms with Gasteiger partial charge in [0.15, 0.2) is 0 Å². The highest BCUT2D eigenvalue weighted by Crippen LogP contribution is 2.26. The Bertz CT molecular complexity index is 882. The zero-order chi connectivity index (χ0) is 20.8. The number of benzene rings is 2. The van der Waals surface area contributed by atoms with Crippen molar-refractivity contribution in [2.75, 3.05) is 37.4 Å². The Labute approximate surface area is 173 Å². The van der Waals surface area contributed by atoms with Crippen molar-refractivity contribution >= 4 is 29.3 Å². The SMILES string of the molecule is CC1CCN(C(=O)c2cc(NC(=O)/C=C/c3ccccc3)ccc2N(C)C)CC1. The van der Waals surface area contributed by atoms with Crippen LogP contribution in [0.2, 0.25) is 0 Å². The lowest BCUT2D eigenvalue weighted by Crippen LogP contribution is -2.38. The summed E-state index contributed by atoms with van der Waals surface area (Å²) in [6.07, 6.45) is 5.33. The second kappa shape index (κ2) is 9.41. The van der Waals surface area contributed by atoms with Gasteiger partial charge in [-0.25, -0.2) is 0 Å². The first kappa shape index (κ1) is 20.6. The van der Waals surface area contributed by atoms with E-state index in [1.807, 2.05) is 66.4 Å². The molecule has 0 aromatic heterocycles. The van der Waals surface area contributed by atoms with Gasteiger partial charge in [0, 0.05) is 44.6 Å². The fraction of sp³-hybridized carbons (Fsp3) is 0.333. The molecule has 2 amide bonds. The van der Waals surface area contributed by atoms with E-state index in [-0.39, 0.29) is 11.8 Å². The maximum Gasteiger partial charge on any atom is 0.256 e.